The lowest BCUT2D eigenvalue weighted by atomic mass is 10.1. The summed E-state index contributed by atoms with van der Waals surface area (Å²) >= 11 is 0. The maximum atomic E-state index is 13.2. The van der Waals surface area contributed by atoms with Gasteiger partial charge in [-0.15, -0.1) is 5.10 Å². The van der Waals surface area contributed by atoms with Crippen LogP contribution in [0.4, 0.5) is 10.1 Å². The first-order valence-electron chi connectivity index (χ1n) is 10.6. The summed E-state index contributed by atoms with van der Waals surface area (Å²) in [6.07, 6.45) is 0.915. The number of hydrogen-bond acceptors (Lipinski definition) is 7. The highest BCUT2D eigenvalue weighted by molar-refractivity contribution is 5.47. The SMILES string of the molecule is CC[C@@H](c1nnnn1Cc1ccc2c(c1)OCO2)N1CCN(c2ccc(F)cc2)CC1. The summed E-state index contributed by atoms with van der Waals surface area (Å²) in [5.41, 5.74) is 2.12. The number of fused-ring (bicyclic) bond motifs is 1. The van der Waals surface area contributed by atoms with Gasteiger partial charge in [0.2, 0.25) is 6.79 Å². The maximum absolute atomic E-state index is 13.2. The Kier molecular flexibility index (Phi) is 5.42. The van der Waals surface area contributed by atoms with E-state index in [1.54, 1.807) is 0 Å². The van der Waals surface area contributed by atoms with Gasteiger partial charge in [0.1, 0.15) is 5.82 Å². The summed E-state index contributed by atoms with van der Waals surface area (Å²) in [5, 5.41) is 12.6. The molecule has 8 nitrogen and oxygen atoms in total. The molecule has 5 rings (SSSR count). The van der Waals surface area contributed by atoms with Crippen molar-refractivity contribution in [3.05, 3.63) is 59.7 Å². The second-order valence-electron chi connectivity index (χ2n) is 7.81. The van der Waals surface area contributed by atoms with Gasteiger partial charge in [-0.1, -0.05) is 13.0 Å². The van der Waals surface area contributed by atoms with Crippen molar-refractivity contribution in [2.24, 2.45) is 0 Å². The zero-order valence-corrected chi connectivity index (χ0v) is 17.4. The van der Waals surface area contributed by atoms with Gasteiger partial charge in [0.25, 0.3) is 0 Å². The number of aromatic nitrogens is 4. The van der Waals surface area contributed by atoms with Crippen LogP contribution in [0.15, 0.2) is 42.5 Å². The number of anilines is 1. The van der Waals surface area contributed by atoms with Crippen molar-refractivity contribution in [2.45, 2.75) is 25.9 Å². The second kappa shape index (κ2) is 8.50. The van der Waals surface area contributed by atoms with Crippen molar-refractivity contribution in [3.63, 3.8) is 0 Å². The standard InChI is InChI=1S/C22H25FN6O2/c1-2-19(28-11-9-27(10-12-28)18-6-4-17(23)5-7-18)22-24-25-26-29(22)14-16-3-8-20-21(13-16)31-15-30-20/h3-8,13,19H,2,9-12,14-15H2,1H3/t19-/m0/s1. The lowest BCUT2D eigenvalue weighted by Crippen LogP contribution is -2.48. The Morgan fingerprint density at radius 3 is 2.55 bits per heavy atom. The van der Waals surface area contributed by atoms with Gasteiger partial charge in [0, 0.05) is 31.9 Å². The van der Waals surface area contributed by atoms with E-state index in [2.05, 4.69) is 32.2 Å². The molecule has 31 heavy (non-hydrogen) atoms. The van der Waals surface area contributed by atoms with Gasteiger partial charge < -0.3 is 14.4 Å². The summed E-state index contributed by atoms with van der Waals surface area (Å²) < 4.78 is 26.0. The normalized spacial score (nSPS) is 17.2. The monoisotopic (exact) mass is 424 g/mol. The molecule has 0 unspecified atom stereocenters. The van der Waals surface area contributed by atoms with E-state index in [1.807, 2.05) is 35.0 Å². The molecule has 0 radical (unpaired) electrons. The van der Waals surface area contributed by atoms with E-state index in [4.69, 9.17) is 9.47 Å². The Bertz CT molecular complexity index is 1030. The van der Waals surface area contributed by atoms with Crippen LogP contribution in [-0.2, 0) is 6.54 Å². The highest BCUT2D eigenvalue weighted by Gasteiger charge is 2.28. The molecular weight excluding hydrogens is 399 g/mol. The van der Waals surface area contributed by atoms with Crippen LogP contribution in [0.1, 0.15) is 30.8 Å². The first-order valence-corrected chi connectivity index (χ1v) is 10.6. The van der Waals surface area contributed by atoms with Gasteiger partial charge in [-0.25, -0.2) is 9.07 Å². The number of nitrogens with zero attached hydrogens (tertiary/aromatic N) is 6. The summed E-state index contributed by atoms with van der Waals surface area (Å²) in [7, 11) is 0. The van der Waals surface area contributed by atoms with Crippen molar-refractivity contribution in [2.75, 3.05) is 37.9 Å². The van der Waals surface area contributed by atoms with Crippen molar-refractivity contribution >= 4 is 5.69 Å². The van der Waals surface area contributed by atoms with Crippen molar-refractivity contribution in [1.29, 1.82) is 0 Å². The fourth-order valence-electron chi connectivity index (χ4n) is 4.32. The van der Waals surface area contributed by atoms with E-state index in [1.165, 1.54) is 12.1 Å². The van der Waals surface area contributed by atoms with E-state index in [9.17, 15) is 4.39 Å². The number of tetrazole rings is 1. The fourth-order valence-corrected chi connectivity index (χ4v) is 4.32. The Labute approximate surface area is 180 Å². The topological polar surface area (TPSA) is 68.5 Å². The van der Waals surface area contributed by atoms with E-state index in [-0.39, 0.29) is 18.7 Å². The minimum atomic E-state index is -0.206. The lowest BCUT2D eigenvalue weighted by molar-refractivity contribution is 0.169. The Hall–Kier alpha value is -3.20. The highest BCUT2D eigenvalue weighted by Crippen LogP contribution is 2.33. The molecule has 162 valence electrons. The molecule has 0 spiro atoms. The minimum absolute atomic E-state index is 0.138. The third-order valence-corrected chi connectivity index (χ3v) is 5.96. The number of rotatable bonds is 6. The average molecular weight is 424 g/mol. The van der Waals surface area contributed by atoms with Gasteiger partial charge in [-0.3, -0.25) is 4.90 Å². The van der Waals surface area contributed by atoms with Crippen LogP contribution in [0.25, 0.3) is 0 Å². The van der Waals surface area contributed by atoms with Gasteiger partial charge in [-0.05, 0) is 58.8 Å². The largest absolute Gasteiger partial charge is 0.454 e. The molecule has 1 atom stereocenters. The van der Waals surface area contributed by atoms with Gasteiger partial charge in [-0.2, -0.15) is 0 Å². The van der Waals surface area contributed by atoms with Gasteiger partial charge in [0.15, 0.2) is 17.3 Å². The van der Waals surface area contributed by atoms with E-state index in [0.717, 1.165) is 61.2 Å². The molecule has 0 N–H and O–H groups in total. The van der Waals surface area contributed by atoms with Crippen LogP contribution in [0, 0.1) is 5.82 Å². The van der Waals surface area contributed by atoms with Crippen molar-refractivity contribution < 1.29 is 13.9 Å². The van der Waals surface area contributed by atoms with Crippen molar-refractivity contribution in [3.8, 4) is 11.5 Å². The van der Waals surface area contributed by atoms with Gasteiger partial charge >= 0.3 is 0 Å². The zero-order valence-electron chi connectivity index (χ0n) is 17.4. The van der Waals surface area contributed by atoms with E-state index in [0.29, 0.717) is 6.54 Å². The smallest absolute Gasteiger partial charge is 0.231 e. The maximum Gasteiger partial charge on any atom is 0.231 e. The quantitative estimate of drug-likeness (QED) is 0.603. The molecule has 3 aromatic rings. The summed E-state index contributed by atoms with van der Waals surface area (Å²) in [4.78, 5) is 4.72. The number of hydrogen-bond donors (Lipinski definition) is 0. The first kappa shape index (κ1) is 19.7. The first-order chi connectivity index (χ1) is 15.2. The third kappa shape index (κ3) is 4.05. The van der Waals surface area contributed by atoms with Crippen LogP contribution in [0.5, 0.6) is 11.5 Å². The molecule has 1 saturated heterocycles. The molecule has 2 aliphatic rings. The Morgan fingerprint density at radius 2 is 1.77 bits per heavy atom. The van der Waals surface area contributed by atoms with E-state index >= 15 is 0 Å². The summed E-state index contributed by atoms with van der Waals surface area (Å²) in [5.74, 6) is 2.19. The molecule has 2 aromatic carbocycles. The highest BCUT2D eigenvalue weighted by atomic mass is 19.1. The van der Waals surface area contributed by atoms with Crippen molar-refractivity contribution in [1.82, 2.24) is 25.1 Å². The predicted molar refractivity (Wildman–Crippen MR) is 113 cm³/mol. The molecule has 3 heterocycles. The number of benzene rings is 2. The predicted octanol–water partition coefficient (Wildman–Crippen LogP) is 2.86. The zero-order chi connectivity index (χ0) is 21.2. The molecular formula is C22H25FN6O2. The molecule has 1 aromatic heterocycles. The van der Waals surface area contributed by atoms with Crippen LogP contribution in [0.2, 0.25) is 0 Å². The number of piperazine rings is 1. The molecule has 0 aliphatic carbocycles. The Morgan fingerprint density at radius 1 is 1.00 bits per heavy atom. The third-order valence-electron chi connectivity index (χ3n) is 5.96. The van der Waals surface area contributed by atoms with Crippen LogP contribution in [-0.4, -0.2) is 58.1 Å². The van der Waals surface area contributed by atoms with Gasteiger partial charge in [0.05, 0.1) is 12.6 Å². The molecule has 1 fully saturated rings. The molecule has 9 heteroatoms. The average Bonchev–Trinajstić information content (AvgIpc) is 3.45. The fraction of sp³-hybridized carbons (Fsp3) is 0.409. The van der Waals surface area contributed by atoms with Crippen LogP contribution < -0.4 is 14.4 Å². The summed E-state index contributed by atoms with van der Waals surface area (Å²) in [6, 6.07) is 12.8. The number of ether oxygens (including phenoxy) is 2. The van der Waals surface area contributed by atoms with E-state index < -0.39 is 0 Å². The lowest BCUT2D eigenvalue weighted by Gasteiger charge is -2.39. The minimum Gasteiger partial charge on any atom is -0.454 e. The second-order valence-corrected chi connectivity index (χ2v) is 7.81. The Balaban J connectivity index is 1.28. The van der Waals surface area contributed by atoms with Crippen LogP contribution >= 0.6 is 0 Å². The molecule has 0 amide bonds. The summed E-state index contributed by atoms with van der Waals surface area (Å²) in [6.45, 7) is 6.55. The molecule has 0 bridgehead atoms. The number of halogens is 1. The van der Waals surface area contributed by atoms with Crippen LogP contribution in [0.3, 0.4) is 0 Å². The molecule has 0 saturated carbocycles. The molecule has 2 aliphatic heterocycles.